The Bertz CT molecular complexity index is 517. The third-order valence-electron chi connectivity index (χ3n) is 5.18. The van der Waals surface area contributed by atoms with Crippen molar-refractivity contribution in [2.24, 2.45) is 0 Å². The lowest BCUT2D eigenvalue weighted by molar-refractivity contribution is -0.126. The number of hydrogen-bond acceptors (Lipinski definition) is 3. The van der Waals surface area contributed by atoms with Crippen molar-refractivity contribution in [2.45, 2.75) is 50.7 Å². The van der Waals surface area contributed by atoms with E-state index in [1.54, 1.807) is 0 Å². The highest BCUT2D eigenvalue weighted by Crippen LogP contribution is 2.43. The van der Waals surface area contributed by atoms with Gasteiger partial charge in [-0.3, -0.25) is 9.69 Å². The monoisotopic (exact) mass is 316 g/mol. The maximum atomic E-state index is 12.3. The van der Waals surface area contributed by atoms with Crippen LogP contribution in [0.15, 0.2) is 30.3 Å². The molecule has 1 saturated carbocycles. The van der Waals surface area contributed by atoms with E-state index in [0.29, 0.717) is 6.54 Å². The summed E-state index contributed by atoms with van der Waals surface area (Å²) in [6.45, 7) is 7.04. The van der Waals surface area contributed by atoms with Gasteiger partial charge in [0.15, 0.2) is 0 Å². The Balaban J connectivity index is 1.52. The van der Waals surface area contributed by atoms with Crippen LogP contribution in [0.1, 0.15) is 38.7 Å². The van der Waals surface area contributed by atoms with Gasteiger partial charge in [0.2, 0.25) is 5.91 Å². The van der Waals surface area contributed by atoms with Crippen LogP contribution < -0.4 is 5.32 Å². The summed E-state index contributed by atoms with van der Waals surface area (Å²) in [6.07, 6.45) is 4.00. The minimum atomic E-state index is 0.133. The van der Waals surface area contributed by atoms with E-state index < -0.39 is 0 Å². The summed E-state index contributed by atoms with van der Waals surface area (Å²) in [5.41, 5.74) is 1.52. The van der Waals surface area contributed by atoms with Gasteiger partial charge in [-0.05, 0) is 32.3 Å². The number of nitrogens with zero attached hydrogens (tertiary/aromatic N) is 1. The quantitative estimate of drug-likeness (QED) is 0.906. The van der Waals surface area contributed by atoms with Crippen LogP contribution in [0.25, 0.3) is 0 Å². The summed E-state index contributed by atoms with van der Waals surface area (Å²) < 4.78 is 5.72. The van der Waals surface area contributed by atoms with Crippen molar-refractivity contribution < 1.29 is 9.53 Å². The molecule has 1 aliphatic carbocycles. The van der Waals surface area contributed by atoms with Gasteiger partial charge in [-0.1, -0.05) is 36.8 Å². The van der Waals surface area contributed by atoms with Crippen molar-refractivity contribution >= 4 is 5.91 Å². The zero-order valence-corrected chi connectivity index (χ0v) is 14.3. The Kier molecular flexibility index (Phi) is 5.02. The lowest BCUT2D eigenvalue weighted by Gasteiger charge is -2.43. The molecule has 1 heterocycles. The Morgan fingerprint density at radius 2 is 1.87 bits per heavy atom. The van der Waals surface area contributed by atoms with E-state index in [2.05, 4.69) is 54.4 Å². The fourth-order valence-corrected chi connectivity index (χ4v) is 3.90. The number of carbonyl (C=O) groups is 1. The lowest BCUT2D eigenvalue weighted by atomic mass is 9.64. The van der Waals surface area contributed by atoms with Gasteiger partial charge in [0.05, 0.1) is 18.8 Å². The van der Waals surface area contributed by atoms with E-state index >= 15 is 0 Å². The highest BCUT2D eigenvalue weighted by atomic mass is 16.5. The average Bonchev–Trinajstić information content (AvgIpc) is 2.46. The third kappa shape index (κ3) is 3.93. The number of carbonyl (C=O) groups excluding carboxylic acids is 1. The van der Waals surface area contributed by atoms with Crippen LogP contribution in [0.5, 0.6) is 0 Å². The van der Waals surface area contributed by atoms with Crippen molar-refractivity contribution in [1.29, 1.82) is 0 Å². The fraction of sp³-hybridized carbons (Fsp3) is 0.632. The number of nitrogens with one attached hydrogen (secondary N) is 1. The second-order valence-electron chi connectivity index (χ2n) is 7.23. The molecule has 1 aromatic carbocycles. The predicted molar refractivity (Wildman–Crippen MR) is 91.4 cm³/mol. The van der Waals surface area contributed by atoms with Gasteiger partial charge in [-0.15, -0.1) is 0 Å². The molecule has 2 unspecified atom stereocenters. The molecular weight excluding hydrogens is 288 g/mol. The first-order valence-corrected chi connectivity index (χ1v) is 8.77. The normalized spacial score (nSPS) is 27.2. The molecular formula is C19H28N2O2. The average molecular weight is 316 g/mol. The van der Waals surface area contributed by atoms with Crippen molar-refractivity contribution in [3.8, 4) is 0 Å². The molecule has 0 aromatic heterocycles. The maximum absolute atomic E-state index is 12.3. The highest BCUT2D eigenvalue weighted by Gasteiger charge is 2.38. The summed E-state index contributed by atoms with van der Waals surface area (Å²) in [7, 11) is 0. The van der Waals surface area contributed by atoms with Gasteiger partial charge in [0.25, 0.3) is 0 Å². The van der Waals surface area contributed by atoms with E-state index in [1.165, 1.54) is 24.8 Å². The number of morpholine rings is 1. The maximum Gasteiger partial charge on any atom is 0.234 e. The van der Waals surface area contributed by atoms with Crippen LogP contribution in [0, 0.1) is 0 Å². The molecule has 1 amide bonds. The Labute approximate surface area is 139 Å². The molecule has 1 aliphatic heterocycles. The van der Waals surface area contributed by atoms with Crippen molar-refractivity contribution in [3.63, 3.8) is 0 Å². The number of amides is 1. The van der Waals surface area contributed by atoms with Crippen LogP contribution in [0.3, 0.4) is 0 Å². The van der Waals surface area contributed by atoms with Crippen LogP contribution in [-0.2, 0) is 14.9 Å². The Hall–Kier alpha value is -1.39. The summed E-state index contributed by atoms with van der Waals surface area (Å²) in [6, 6.07) is 10.6. The summed E-state index contributed by atoms with van der Waals surface area (Å²) >= 11 is 0. The summed E-state index contributed by atoms with van der Waals surface area (Å²) in [5.74, 6) is 0.133. The highest BCUT2D eigenvalue weighted by molar-refractivity contribution is 5.78. The van der Waals surface area contributed by atoms with Crippen LogP contribution in [0.4, 0.5) is 0 Å². The number of benzene rings is 1. The second kappa shape index (κ2) is 7.02. The number of rotatable bonds is 5. The molecule has 1 aromatic rings. The van der Waals surface area contributed by atoms with Gasteiger partial charge >= 0.3 is 0 Å². The zero-order chi connectivity index (χ0) is 16.3. The molecule has 1 saturated heterocycles. The first kappa shape index (κ1) is 16.5. The molecule has 1 N–H and O–H groups in total. The number of ether oxygens (including phenoxy) is 1. The molecule has 4 nitrogen and oxygen atoms in total. The van der Waals surface area contributed by atoms with E-state index in [9.17, 15) is 4.79 Å². The molecule has 2 aliphatic rings. The summed E-state index contributed by atoms with van der Waals surface area (Å²) in [4.78, 5) is 14.5. The first-order valence-electron chi connectivity index (χ1n) is 8.77. The first-order chi connectivity index (χ1) is 11.1. The number of hydrogen-bond donors (Lipinski definition) is 1. The molecule has 4 heteroatoms. The van der Waals surface area contributed by atoms with Gasteiger partial charge in [0.1, 0.15) is 0 Å². The minimum Gasteiger partial charge on any atom is -0.373 e. The van der Waals surface area contributed by atoms with E-state index in [0.717, 1.165) is 19.6 Å². The molecule has 3 rings (SSSR count). The lowest BCUT2D eigenvalue weighted by Crippen LogP contribution is -2.51. The smallest absolute Gasteiger partial charge is 0.234 e. The molecule has 0 bridgehead atoms. The van der Waals surface area contributed by atoms with Gasteiger partial charge < -0.3 is 10.1 Å². The van der Waals surface area contributed by atoms with E-state index in [1.807, 2.05) is 0 Å². The zero-order valence-electron chi connectivity index (χ0n) is 14.3. The molecule has 126 valence electrons. The standard InChI is InChI=1S/C19H28N2O2/c1-15-11-21(12-16(2)23-15)13-18(22)20-14-19(9-6-10-19)17-7-4-3-5-8-17/h3-5,7-8,15-16H,6,9-14H2,1-2H3,(H,20,22). The summed E-state index contributed by atoms with van der Waals surface area (Å²) in [5, 5.41) is 3.18. The van der Waals surface area contributed by atoms with Gasteiger partial charge in [-0.25, -0.2) is 0 Å². The molecule has 0 radical (unpaired) electrons. The third-order valence-corrected chi connectivity index (χ3v) is 5.18. The SMILES string of the molecule is CC1CN(CC(=O)NCC2(c3ccccc3)CCC2)CC(C)O1. The van der Waals surface area contributed by atoms with Crippen molar-refractivity contribution in [3.05, 3.63) is 35.9 Å². The topological polar surface area (TPSA) is 41.6 Å². The van der Waals surface area contributed by atoms with Crippen molar-refractivity contribution in [2.75, 3.05) is 26.2 Å². The van der Waals surface area contributed by atoms with Crippen molar-refractivity contribution in [1.82, 2.24) is 10.2 Å². The molecule has 0 spiro atoms. The minimum absolute atomic E-state index is 0.133. The van der Waals surface area contributed by atoms with Crippen LogP contribution in [0.2, 0.25) is 0 Å². The van der Waals surface area contributed by atoms with Crippen LogP contribution >= 0.6 is 0 Å². The second-order valence-corrected chi connectivity index (χ2v) is 7.23. The van der Waals surface area contributed by atoms with Gasteiger partial charge in [-0.2, -0.15) is 0 Å². The van der Waals surface area contributed by atoms with Crippen LogP contribution in [-0.4, -0.2) is 49.2 Å². The Morgan fingerprint density at radius 1 is 1.22 bits per heavy atom. The van der Waals surface area contributed by atoms with E-state index in [4.69, 9.17) is 4.74 Å². The molecule has 2 fully saturated rings. The van der Waals surface area contributed by atoms with E-state index in [-0.39, 0.29) is 23.5 Å². The molecule has 2 atom stereocenters. The van der Waals surface area contributed by atoms with Gasteiger partial charge in [0, 0.05) is 25.0 Å². The predicted octanol–water partition coefficient (Wildman–Crippen LogP) is 2.33. The fourth-order valence-electron chi connectivity index (χ4n) is 3.90. The molecule has 23 heavy (non-hydrogen) atoms. The largest absolute Gasteiger partial charge is 0.373 e. The Morgan fingerprint density at radius 3 is 2.43 bits per heavy atom.